The van der Waals surface area contributed by atoms with Gasteiger partial charge in [0.25, 0.3) is 5.56 Å². The molecule has 0 fully saturated rings. The molecule has 0 saturated heterocycles. The van der Waals surface area contributed by atoms with Crippen LogP contribution in [0.15, 0.2) is 59.5 Å². The molecule has 0 saturated carbocycles. The number of benzene rings is 2. The van der Waals surface area contributed by atoms with Crippen LogP contribution in [-0.2, 0) is 6.54 Å². The van der Waals surface area contributed by atoms with E-state index in [0.717, 1.165) is 10.9 Å². The molecule has 110 valence electrons. The molecule has 5 heteroatoms. The Balaban J connectivity index is 1.97. The van der Waals surface area contributed by atoms with Gasteiger partial charge in [-0.25, -0.2) is 4.79 Å². The van der Waals surface area contributed by atoms with Gasteiger partial charge in [-0.1, -0.05) is 23.7 Å². The van der Waals surface area contributed by atoms with E-state index in [2.05, 4.69) is 0 Å². The zero-order valence-corrected chi connectivity index (χ0v) is 12.2. The number of carboxylic acids is 1. The average molecular weight is 314 g/mol. The zero-order chi connectivity index (χ0) is 15.7. The Kier molecular flexibility index (Phi) is 3.69. The first-order valence-corrected chi connectivity index (χ1v) is 7.03. The van der Waals surface area contributed by atoms with Gasteiger partial charge < -0.3 is 9.67 Å². The van der Waals surface area contributed by atoms with Crippen molar-refractivity contribution in [1.29, 1.82) is 0 Å². The SMILES string of the molecule is O=C(O)c1ccc(Cn2ccc3cc(Cl)ccc3c2=O)cc1. The summed E-state index contributed by atoms with van der Waals surface area (Å²) in [5, 5.41) is 10.9. The fourth-order valence-electron chi connectivity index (χ4n) is 2.33. The van der Waals surface area contributed by atoms with Crippen molar-refractivity contribution in [2.45, 2.75) is 6.54 Å². The van der Waals surface area contributed by atoms with Gasteiger partial charge in [0.05, 0.1) is 12.1 Å². The van der Waals surface area contributed by atoms with Crippen LogP contribution in [0, 0.1) is 0 Å². The lowest BCUT2D eigenvalue weighted by Gasteiger charge is -2.08. The number of fused-ring (bicyclic) bond motifs is 1. The van der Waals surface area contributed by atoms with E-state index in [-0.39, 0.29) is 11.1 Å². The predicted molar refractivity (Wildman–Crippen MR) is 85.7 cm³/mol. The molecule has 0 aliphatic carbocycles. The third kappa shape index (κ3) is 2.73. The molecule has 0 amide bonds. The summed E-state index contributed by atoms with van der Waals surface area (Å²) < 4.78 is 1.59. The van der Waals surface area contributed by atoms with Crippen LogP contribution in [0.1, 0.15) is 15.9 Å². The molecule has 0 atom stereocenters. The van der Waals surface area contributed by atoms with Crippen LogP contribution in [-0.4, -0.2) is 15.6 Å². The van der Waals surface area contributed by atoms with Crippen molar-refractivity contribution in [1.82, 2.24) is 4.57 Å². The summed E-state index contributed by atoms with van der Waals surface area (Å²) in [4.78, 5) is 23.3. The molecule has 4 nitrogen and oxygen atoms in total. The molecule has 1 N–H and O–H groups in total. The molecular weight excluding hydrogens is 302 g/mol. The minimum absolute atomic E-state index is 0.100. The van der Waals surface area contributed by atoms with Crippen molar-refractivity contribution in [2.24, 2.45) is 0 Å². The second-order valence-corrected chi connectivity index (χ2v) is 5.42. The fourth-order valence-corrected chi connectivity index (χ4v) is 2.51. The summed E-state index contributed by atoms with van der Waals surface area (Å²) in [7, 11) is 0. The summed E-state index contributed by atoms with van der Waals surface area (Å²) in [5.74, 6) is -0.966. The first-order valence-electron chi connectivity index (χ1n) is 6.65. The summed E-state index contributed by atoms with van der Waals surface area (Å²) >= 11 is 5.92. The quantitative estimate of drug-likeness (QED) is 0.806. The van der Waals surface area contributed by atoms with Crippen molar-refractivity contribution < 1.29 is 9.90 Å². The molecule has 1 heterocycles. The Labute approximate surface area is 131 Å². The molecule has 3 aromatic rings. The lowest BCUT2D eigenvalue weighted by molar-refractivity contribution is 0.0697. The third-order valence-corrected chi connectivity index (χ3v) is 3.73. The highest BCUT2D eigenvalue weighted by molar-refractivity contribution is 6.31. The maximum atomic E-state index is 12.4. The van der Waals surface area contributed by atoms with Gasteiger partial charge in [-0.15, -0.1) is 0 Å². The lowest BCUT2D eigenvalue weighted by atomic mass is 10.1. The van der Waals surface area contributed by atoms with E-state index < -0.39 is 5.97 Å². The highest BCUT2D eigenvalue weighted by Gasteiger charge is 2.05. The molecule has 0 spiro atoms. The van der Waals surface area contributed by atoms with Crippen LogP contribution in [0.25, 0.3) is 10.8 Å². The fraction of sp³-hybridized carbons (Fsp3) is 0.0588. The van der Waals surface area contributed by atoms with Crippen LogP contribution < -0.4 is 5.56 Å². The van der Waals surface area contributed by atoms with Gasteiger partial charge in [0, 0.05) is 16.6 Å². The lowest BCUT2D eigenvalue weighted by Crippen LogP contribution is -2.20. The Morgan fingerprint density at radius 1 is 1.09 bits per heavy atom. The van der Waals surface area contributed by atoms with E-state index in [1.54, 1.807) is 41.1 Å². The maximum absolute atomic E-state index is 12.4. The Morgan fingerprint density at radius 2 is 1.82 bits per heavy atom. The molecule has 2 aromatic carbocycles. The normalized spacial score (nSPS) is 10.8. The number of pyridine rings is 1. The molecular formula is C17H12ClNO3. The number of hydrogen-bond acceptors (Lipinski definition) is 2. The third-order valence-electron chi connectivity index (χ3n) is 3.49. The van der Waals surface area contributed by atoms with Gasteiger partial charge in [-0.3, -0.25) is 4.79 Å². The van der Waals surface area contributed by atoms with Crippen molar-refractivity contribution in [3.8, 4) is 0 Å². The standard InChI is InChI=1S/C17H12ClNO3/c18-14-5-6-15-13(9-14)7-8-19(16(15)20)10-11-1-3-12(4-2-11)17(21)22/h1-9H,10H2,(H,21,22). The Morgan fingerprint density at radius 3 is 2.50 bits per heavy atom. The van der Waals surface area contributed by atoms with Crippen LogP contribution >= 0.6 is 11.6 Å². The number of rotatable bonds is 3. The molecule has 0 aliphatic rings. The zero-order valence-electron chi connectivity index (χ0n) is 11.5. The minimum Gasteiger partial charge on any atom is -0.478 e. The average Bonchev–Trinajstić information content (AvgIpc) is 2.50. The van der Waals surface area contributed by atoms with Crippen molar-refractivity contribution in [2.75, 3.05) is 0 Å². The molecule has 0 unspecified atom stereocenters. The van der Waals surface area contributed by atoms with E-state index in [1.807, 2.05) is 6.07 Å². The van der Waals surface area contributed by atoms with Gasteiger partial charge >= 0.3 is 5.97 Å². The number of nitrogens with zero attached hydrogens (tertiary/aromatic N) is 1. The van der Waals surface area contributed by atoms with Gasteiger partial charge in [0.1, 0.15) is 0 Å². The van der Waals surface area contributed by atoms with E-state index in [4.69, 9.17) is 16.7 Å². The summed E-state index contributed by atoms with van der Waals surface area (Å²) in [6.07, 6.45) is 1.71. The van der Waals surface area contributed by atoms with E-state index in [9.17, 15) is 9.59 Å². The van der Waals surface area contributed by atoms with Crippen molar-refractivity contribution >= 4 is 28.3 Å². The summed E-state index contributed by atoms with van der Waals surface area (Å²) in [6.45, 7) is 0.386. The van der Waals surface area contributed by atoms with Crippen molar-refractivity contribution in [3.05, 3.63) is 81.2 Å². The highest BCUT2D eigenvalue weighted by atomic mass is 35.5. The molecule has 22 heavy (non-hydrogen) atoms. The van der Waals surface area contributed by atoms with Gasteiger partial charge in [-0.2, -0.15) is 0 Å². The summed E-state index contributed by atoms with van der Waals surface area (Å²) in [5.41, 5.74) is 0.987. The second-order valence-electron chi connectivity index (χ2n) is 4.98. The van der Waals surface area contributed by atoms with E-state index in [1.165, 1.54) is 12.1 Å². The van der Waals surface area contributed by atoms with Gasteiger partial charge in [-0.05, 0) is 47.3 Å². The van der Waals surface area contributed by atoms with Gasteiger partial charge in [0.15, 0.2) is 0 Å². The molecule has 0 aliphatic heterocycles. The smallest absolute Gasteiger partial charge is 0.335 e. The van der Waals surface area contributed by atoms with Crippen molar-refractivity contribution in [3.63, 3.8) is 0 Å². The van der Waals surface area contributed by atoms with Crippen LogP contribution in [0.2, 0.25) is 5.02 Å². The van der Waals surface area contributed by atoms with Crippen LogP contribution in [0.3, 0.4) is 0 Å². The first-order chi connectivity index (χ1) is 10.5. The number of carbonyl (C=O) groups is 1. The second kappa shape index (κ2) is 5.66. The van der Waals surface area contributed by atoms with Gasteiger partial charge in [0.2, 0.25) is 0 Å². The maximum Gasteiger partial charge on any atom is 0.335 e. The van der Waals surface area contributed by atoms with Crippen LogP contribution in [0.4, 0.5) is 0 Å². The summed E-state index contributed by atoms with van der Waals surface area (Å²) in [6, 6.07) is 13.5. The Hall–Kier alpha value is -2.59. The monoisotopic (exact) mass is 313 g/mol. The van der Waals surface area contributed by atoms with Crippen LogP contribution in [0.5, 0.6) is 0 Å². The topological polar surface area (TPSA) is 59.3 Å². The van der Waals surface area contributed by atoms with E-state index in [0.29, 0.717) is 17.0 Å². The van der Waals surface area contributed by atoms with E-state index >= 15 is 0 Å². The highest BCUT2D eigenvalue weighted by Crippen LogP contribution is 2.16. The number of aromatic nitrogens is 1. The Bertz CT molecular complexity index is 913. The minimum atomic E-state index is -0.966. The first kappa shape index (κ1) is 14.4. The predicted octanol–water partition coefficient (Wildman–Crippen LogP) is 3.40. The number of hydrogen-bond donors (Lipinski definition) is 1. The number of carboxylic acid groups (broad SMARTS) is 1. The number of aromatic carboxylic acids is 1. The largest absolute Gasteiger partial charge is 0.478 e. The molecule has 0 radical (unpaired) electrons. The molecule has 0 bridgehead atoms. The molecule has 1 aromatic heterocycles. The number of halogens is 1. The molecule has 3 rings (SSSR count).